The summed E-state index contributed by atoms with van der Waals surface area (Å²) in [6.07, 6.45) is 8.43. The van der Waals surface area contributed by atoms with Gasteiger partial charge in [0.1, 0.15) is 12.2 Å². The minimum atomic E-state index is -0.466. The van der Waals surface area contributed by atoms with Gasteiger partial charge in [-0.1, -0.05) is 5.92 Å². The van der Waals surface area contributed by atoms with E-state index < -0.39 is 5.97 Å². The molecule has 0 spiro atoms. The molecule has 1 N–H and O–H groups in total. The van der Waals surface area contributed by atoms with E-state index in [1.165, 1.54) is 0 Å². The van der Waals surface area contributed by atoms with Gasteiger partial charge in [-0.3, -0.25) is 4.79 Å². The van der Waals surface area contributed by atoms with E-state index in [2.05, 4.69) is 11.2 Å². The van der Waals surface area contributed by atoms with Gasteiger partial charge in [-0.2, -0.15) is 0 Å². The fraction of sp³-hybridized carbons (Fsp3) is 0.429. The number of nitrogens with one attached hydrogen (secondary N) is 1. The van der Waals surface area contributed by atoms with Crippen molar-refractivity contribution >= 4 is 17.6 Å². The molecule has 0 unspecified atom stereocenters. The summed E-state index contributed by atoms with van der Waals surface area (Å²) in [7, 11) is 1.76. The number of anilines is 1. The number of nitrogens with zero attached hydrogens (tertiary/aromatic N) is 1. The van der Waals surface area contributed by atoms with Crippen LogP contribution in [0.5, 0.6) is 0 Å². The second-order valence-corrected chi connectivity index (χ2v) is 4.03. The minimum Gasteiger partial charge on any atom is -0.462 e. The number of hydrogen-bond acceptors (Lipinski definition) is 4. The quantitative estimate of drug-likeness (QED) is 0.462. The number of hydrogen-bond donors (Lipinski definition) is 1. The number of esters is 1. The highest BCUT2D eigenvalue weighted by molar-refractivity contribution is 6.01. The zero-order valence-electron chi connectivity index (χ0n) is 11.6. The summed E-state index contributed by atoms with van der Waals surface area (Å²) in [5.74, 6) is 1.60. The van der Waals surface area contributed by atoms with Gasteiger partial charge in [0.15, 0.2) is 0 Å². The standard InChI is InChI=1S/C14H18N2O4/c1-4-7-19-8-6-13(17)15-12-10-16(3)9-11(12)14(18)20-5-2/h1,9-10H,5-8H2,2-3H3,(H,15,17). The molecule has 0 aromatic carbocycles. The molecule has 108 valence electrons. The second kappa shape index (κ2) is 8.02. The molecule has 1 heterocycles. The van der Waals surface area contributed by atoms with E-state index in [-0.39, 0.29) is 32.1 Å². The fourth-order valence-electron chi connectivity index (χ4n) is 1.56. The SMILES string of the molecule is C#CCOCCC(=O)Nc1cn(C)cc1C(=O)OCC. The molecule has 0 aliphatic rings. The zero-order valence-corrected chi connectivity index (χ0v) is 11.6. The Balaban J connectivity index is 2.61. The first-order valence-electron chi connectivity index (χ1n) is 6.22. The molecule has 6 heteroatoms. The Hall–Kier alpha value is -2.26. The Kier molecular flexibility index (Phi) is 6.33. The topological polar surface area (TPSA) is 69.6 Å². The maximum absolute atomic E-state index is 11.7. The van der Waals surface area contributed by atoms with Crippen LogP contribution in [0.4, 0.5) is 5.69 Å². The van der Waals surface area contributed by atoms with Gasteiger partial charge in [0, 0.05) is 19.4 Å². The monoisotopic (exact) mass is 278 g/mol. The maximum Gasteiger partial charge on any atom is 0.341 e. The van der Waals surface area contributed by atoms with Crippen LogP contribution in [0.1, 0.15) is 23.7 Å². The van der Waals surface area contributed by atoms with Crippen molar-refractivity contribution in [2.24, 2.45) is 7.05 Å². The van der Waals surface area contributed by atoms with Crippen molar-refractivity contribution in [2.75, 3.05) is 25.1 Å². The van der Waals surface area contributed by atoms with Gasteiger partial charge in [-0.25, -0.2) is 4.79 Å². The van der Waals surface area contributed by atoms with Crippen LogP contribution < -0.4 is 5.32 Å². The lowest BCUT2D eigenvalue weighted by Gasteiger charge is -2.06. The molecule has 6 nitrogen and oxygen atoms in total. The van der Waals surface area contributed by atoms with Crippen molar-refractivity contribution in [2.45, 2.75) is 13.3 Å². The van der Waals surface area contributed by atoms with Crippen LogP contribution in [-0.2, 0) is 21.3 Å². The summed E-state index contributed by atoms with van der Waals surface area (Å²) in [5.41, 5.74) is 0.750. The first-order valence-corrected chi connectivity index (χ1v) is 6.22. The zero-order chi connectivity index (χ0) is 15.0. The maximum atomic E-state index is 11.7. The van der Waals surface area contributed by atoms with Crippen molar-refractivity contribution in [3.63, 3.8) is 0 Å². The molecular formula is C14H18N2O4. The summed E-state index contributed by atoms with van der Waals surface area (Å²) >= 11 is 0. The Morgan fingerprint density at radius 1 is 1.45 bits per heavy atom. The van der Waals surface area contributed by atoms with E-state index in [1.807, 2.05) is 0 Å². The normalized spacial score (nSPS) is 9.85. The summed E-state index contributed by atoms with van der Waals surface area (Å²) in [5, 5.41) is 2.66. The van der Waals surface area contributed by atoms with Crippen LogP contribution >= 0.6 is 0 Å². The summed E-state index contributed by atoms with van der Waals surface area (Å²) in [4.78, 5) is 23.4. The Morgan fingerprint density at radius 3 is 2.85 bits per heavy atom. The van der Waals surface area contributed by atoms with Crippen molar-refractivity contribution in [3.8, 4) is 12.3 Å². The first kappa shape index (κ1) is 15.8. The third-order valence-electron chi connectivity index (χ3n) is 2.38. The fourth-order valence-corrected chi connectivity index (χ4v) is 1.56. The van der Waals surface area contributed by atoms with Gasteiger partial charge in [0.05, 0.1) is 25.3 Å². The summed E-state index contributed by atoms with van der Waals surface area (Å²) in [6.45, 7) is 2.41. The molecule has 0 radical (unpaired) electrons. The van der Waals surface area contributed by atoms with Crippen LogP contribution in [-0.4, -0.2) is 36.3 Å². The highest BCUT2D eigenvalue weighted by Crippen LogP contribution is 2.17. The van der Waals surface area contributed by atoms with E-state index in [0.29, 0.717) is 11.3 Å². The molecule has 1 aromatic heterocycles. The van der Waals surface area contributed by atoms with Gasteiger partial charge in [-0.05, 0) is 6.92 Å². The van der Waals surface area contributed by atoms with Gasteiger partial charge in [0.25, 0.3) is 0 Å². The number of carbonyl (C=O) groups excluding carboxylic acids is 2. The van der Waals surface area contributed by atoms with E-state index >= 15 is 0 Å². The van der Waals surface area contributed by atoms with E-state index in [1.54, 1.807) is 30.9 Å². The summed E-state index contributed by atoms with van der Waals surface area (Å²) in [6, 6.07) is 0. The minimum absolute atomic E-state index is 0.166. The molecule has 0 aliphatic heterocycles. The van der Waals surface area contributed by atoms with Gasteiger partial charge in [-0.15, -0.1) is 6.42 Å². The number of aromatic nitrogens is 1. The molecule has 1 rings (SSSR count). The van der Waals surface area contributed by atoms with Crippen LogP contribution in [0.15, 0.2) is 12.4 Å². The number of ether oxygens (including phenoxy) is 2. The Bertz CT molecular complexity index is 514. The van der Waals surface area contributed by atoms with Crippen LogP contribution in [0.3, 0.4) is 0 Å². The van der Waals surface area contributed by atoms with Crippen molar-refractivity contribution in [3.05, 3.63) is 18.0 Å². The van der Waals surface area contributed by atoms with Gasteiger partial charge >= 0.3 is 5.97 Å². The van der Waals surface area contributed by atoms with Crippen molar-refractivity contribution in [1.82, 2.24) is 4.57 Å². The lowest BCUT2D eigenvalue weighted by molar-refractivity contribution is -0.117. The highest BCUT2D eigenvalue weighted by Gasteiger charge is 2.16. The molecule has 0 aliphatic carbocycles. The van der Waals surface area contributed by atoms with E-state index in [9.17, 15) is 9.59 Å². The van der Waals surface area contributed by atoms with Gasteiger partial charge in [0.2, 0.25) is 5.91 Å². The lowest BCUT2D eigenvalue weighted by Crippen LogP contribution is -2.16. The molecule has 0 saturated carbocycles. The molecule has 1 aromatic rings. The third kappa shape index (κ3) is 4.78. The number of rotatable bonds is 7. The van der Waals surface area contributed by atoms with E-state index in [0.717, 1.165) is 0 Å². The van der Waals surface area contributed by atoms with E-state index in [4.69, 9.17) is 15.9 Å². The average Bonchev–Trinajstić information content (AvgIpc) is 2.76. The molecule has 0 bridgehead atoms. The van der Waals surface area contributed by atoms with Crippen molar-refractivity contribution in [1.29, 1.82) is 0 Å². The molecule has 20 heavy (non-hydrogen) atoms. The Morgan fingerprint density at radius 2 is 2.20 bits per heavy atom. The lowest BCUT2D eigenvalue weighted by atomic mass is 10.3. The smallest absolute Gasteiger partial charge is 0.341 e. The van der Waals surface area contributed by atoms with Gasteiger partial charge < -0.3 is 19.4 Å². The number of aryl methyl sites for hydroxylation is 1. The Labute approximate surface area is 118 Å². The molecule has 1 amide bonds. The highest BCUT2D eigenvalue weighted by atomic mass is 16.5. The predicted octanol–water partition coefficient (Wildman–Crippen LogP) is 1.18. The third-order valence-corrected chi connectivity index (χ3v) is 2.38. The second-order valence-electron chi connectivity index (χ2n) is 4.03. The summed E-state index contributed by atoms with van der Waals surface area (Å²) < 4.78 is 11.6. The largest absolute Gasteiger partial charge is 0.462 e. The first-order chi connectivity index (χ1) is 9.58. The molecule has 0 atom stereocenters. The molecule has 0 fully saturated rings. The average molecular weight is 278 g/mol. The predicted molar refractivity (Wildman–Crippen MR) is 74.3 cm³/mol. The van der Waals surface area contributed by atoms with Crippen LogP contribution in [0.2, 0.25) is 0 Å². The number of carbonyl (C=O) groups is 2. The number of amides is 1. The van der Waals surface area contributed by atoms with Crippen LogP contribution in [0, 0.1) is 12.3 Å². The molecular weight excluding hydrogens is 260 g/mol. The van der Waals surface area contributed by atoms with Crippen molar-refractivity contribution < 1.29 is 19.1 Å². The molecule has 0 saturated heterocycles. The van der Waals surface area contributed by atoms with Crippen LogP contribution in [0.25, 0.3) is 0 Å². The number of terminal acetylenes is 1.